The molecule has 0 aliphatic heterocycles. The number of nitrogens with one attached hydrogen (secondary N) is 1. The summed E-state index contributed by atoms with van der Waals surface area (Å²) in [7, 11) is 0. The van der Waals surface area contributed by atoms with Gasteiger partial charge in [-0.1, -0.05) is 0 Å². The summed E-state index contributed by atoms with van der Waals surface area (Å²) >= 11 is 0. The number of phenols is 1. The predicted molar refractivity (Wildman–Crippen MR) is 80.1 cm³/mol. The van der Waals surface area contributed by atoms with Crippen molar-refractivity contribution in [3.63, 3.8) is 0 Å². The van der Waals surface area contributed by atoms with Gasteiger partial charge in [0.15, 0.2) is 17.3 Å². The van der Waals surface area contributed by atoms with E-state index in [0.717, 1.165) is 24.1 Å². The molecule has 1 saturated carbocycles. The van der Waals surface area contributed by atoms with Gasteiger partial charge >= 0.3 is 0 Å². The smallest absolute Gasteiger partial charge is 0.161 e. The van der Waals surface area contributed by atoms with Gasteiger partial charge in [0.25, 0.3) is 0 Å². The Morgan fingerprint density at radius 3 is 2.81 bits per heavy atom. The van der Waals surface area contributed by atoms with Crippen molar-refractivity contribution < 1.29 is 9.84 Å². The number of nitrogens with two attached hydrogens (primary N) is 1. The van der Waals surface area contributed by atoms with Gasteiger partial charge in [0, 0.05) is 23.2 Å². The Kier molecular flexibility index (Phi) is 3.62. The minimum Gasteiger partial charge on any atom is -0.504 e. The van der Waals surface area contributed by atoms with E-state index in [-0.39, 0.29) is 5.75 Å². The third kappa shape index (κ3) is 2.90. The van der Waals surface area contributed by atoms with Crippen LogP contribution in [0.15, 0.2) is 24.3 Å². The molecule has 1 fully saturated rings. The van der Waals surface area contributed by atoms with Gasteiger partial charge in [0.2, 0.25) is 0 Å². The summed E-state index contributed by atoms with van der Waals surface area (Å²) in [6, 6.07) is 6.98. The lowest BCUT2D eigenvalue weighted by Gasteiger charge is -2.10. The van der Waals surface area contributed by atoms with E-state index in [1.165, 1.54) is 0 Å². The van der Waals surface area contributed by atoms with Gasteiger partial charge in [0.1, 0.15) is 5.82 Å². The predicted octanol–water partition coefficient (Wildman–Crippen LogP) is 2.41. The van der Waals surface area contributed by atoms with Crippen LogP contribution in [-0.2, 0) is 0 Å². The summed E-state index contributed by atoms with van der Waals surface area (Å²) < 4.78 is 5.40. The molecule has 1 aliphatic carbocycles. The van der Waals surface area contributed by atoms with Crippen LogP contribution in [0.2, 0.25) is 0 Å². The molecule has 0 amide bonds. The van der Waals surface area contributed by atoms with Crippen molar-refractivity contribution in [2.75, 3.05) is 12.0 Å². The van der Waals surface area contributed by atoms with E-state index in [4.69, 9.17) is 10.6 Å². The number of phenolic OH excluding ortho intramolecular Hbond substituents is 1. The minimum atomic E-state index is 0.108. The van der Waals surface area contributed by atoms with E-state index in [2.05, 4.69) is 15.4 Å². The fourth-order valence-corrected chi connectivity index (χ4v) is 2.18. The molecule has 1 aliphatic rings. The first-order chi connectivity index (χ1) is 10.2. The molecular formula is C15H18N4O2. The van der Waals surface area contributed by atoms with Crippen LogP contribution in [0.1, 0.15) is 31.4 Å². The average molecular weight is 286 g/mol. The van der Waals surface area contributed by atoms with Crippen molar-refractivity contribution in [3.8, 4) is 22.9 Å². The molecule has 2 aromatic rings. The number of hydrogen-bond donors (Lipinski definition) is 3. The lowest BCUT2D eigenvalue weighted by Crippen LogP contribution is -2.10. The third-order valence-electron chi connectivity index (χ3n) is 3.41. The zero-order valence-electron chi connectivity index (χ0n) is 11.8. The summed E-state index contributed by atoms with van der Waals surface area (Å²) in [4.78, 5) is 8.98. The van der Waals surface area contributed by atoms with Crippen LogP contribution in [0, 0.1) is 0 Å². The molecule has 6 heteroatoms. The third-order valence-corrected chi connectivity index (χ3v) is 3.41. The van der Waals surface area contributed by atoms with E-state index >= 15 is 0 Å². The van der Waals surface area contributed by atoms with Gasteiger partial charge < -0.3 is 15.3 Å². The largest absolute Gasteiger partial charge is 0.504 e. The highest BCUT2D eigenvalue weighted by Crippen LogP contribution is 2.40. The van der Waals surface area contributed by atoms with Gasteiger partial charge in [-0.25, -0.2) is 15.8 Å². The SMILES string of the molecule is CCOc1cc(-c2nc(NN)cc(C3CC3)n2)ccc1O. The van der Waals surface area contributed by atoms with Crippen LogP contribution >= 0.6 is 0 Å². The summed E-state index contributed by atoms with van der Waals surface area (Å²) in [5, 5.41) is 9.77. The van der Waals surface area contributed by atoms with Crippen LogP contribution in [-0.4, -0.2) is 21.7 Å². The molecule has 4 N–H and O–H groups in total. The molecule has 3 rings (SSSR count). The van der Waals surface area contributed by atoms with Crippen LogP contribution in [0.25, 0.3) is 11.4 Å². The molecule has 0 atom stereocenters. The molecule has 21 heavy (non-hydrogen) atoms. The van der Waals surface area contributed by atoms with Crippen molar-refractivity contribution in [2.24, 2.45) is 5.84 Å². The number of hydrogen-bond acceptors (Lipinski definition) is 6. The van der Waals surface area contributed by atoms with E-state index < -0.39 is 0 Å². The van der Waals surface area contributed by atoms with E-state index in [9.17, 15) is 5.11 Å². The summed E-state index contributed by atoms with van der Waals surface area (Å²) in [5.74, 6) is 7.69. The Hall–Kier alpha value is -2.34. The van der Waals surface area contributed by atoms with Gasteiger partial charge in [-0.2, -0.15) is 0 Å². The molecule has 1 aromatic heterocycles. The van der Waals surface area contributed by atoms with E-state index in [1.54, 1.807) is 18.2 Å². The first-order valence-electron chi connectivity index (χ1n) is 7.03. The van der Waals surface area contributed by atoms with Gasteiger partial charge in [-0.15, -0.1) is 0 Å². The second-order valence-electron chi connectivity index (χ2n) is 5.04. The number of nitrogen functional groups attached to an aromatic ring is 1. The summed E-state index contributed by atoms with van der Waals surface area (Å²) in [6.07, 6.45) is 2.31. The lowest BCUT2D eigenvalue weighted by molar-refractivity contribution is 0.318. The summed E-state index contributed by atoms with van der Waals surface area (Å²) in [5.41, 5.74) is 4.37. The normalized spacial score (nSPS) is 14.0. The minimum absolute atomic E-state index is 0.108. The van der Waals surface area contributed by atoms with Gasteiger partial charge in [0.05, 0.1) is 6.61 Å². The standard InChI is InChI=1S/C15H18N4O2/c1-2-21-13-7-10(5-6-12(13)20)15-17-11(9-3-4-9)8-14(18-15)19-16/h5-9,20H,2-4,16H2,1H3,(H,17,18,19). The maximum absolute atomic E-state index is 9.77. The lowest BCUT2D eigenvalue weighted by atomic mass is 10.1. The highest BCUT2D eigenvalue weighted by molar-refractivity contribution is 5.62. The Bertz CT molecular complexity index is 656. The first kappa shape index (κ1) is 13.6. The maximum atomic E-state index is 9.77. The first-order valence-corrected chi connectivity index (χ1v) is 7.03. The fourth-order valence-electron chi connectivity index (χ4n) is 2.18. The zero-order valence-corrected chi connectivity index (χ0v) is 11.8. The maximum Gasteiger partial charge on any atom is 0.161 e. The molecule has 1 heterocycles. The zero-order chi connectivity index (χ0) is 14.8. The number of aromatic nitrogens is 2. The van der Waals surface area contributed by atoms with Crippen molar-refractivity contribution in [2.45, 2.75) is 25.7 Å². The number of nitrogens with zero attached hydrogens (tertiary/aromatic N) is 2. The van der Waals surface area contributed by atoms with Gasteiger partial charge in [-0.3, -0.25) is 0 Å². The fraction of sp³-hybridized carbons (Fsp3) is 0.333. The number of anilines is 1. The Morgan fingerprint density at radius 2 is 2.14 bits per heavy atom. The molecule has 0 saturated heterocycles. The number of benzene rings is 1. The molecule has 0 radical (unpaired) electrons. The number of hydrazine groups is 1. The Labute approximate surface area is 123 Å². The highest BCUT2D eigenvalue weighted by Gasteiger charge is 2.26. The number of rotatable bonds is 5. The topological polar surface area (TPSA) is 93.3 Å². The van der Waals surface area contributed by atoms with E-state index in [0.29, 0.717) is 29.9 Å². The molecule has 110 valence electrons. The molecular weight excluding hydrogens is 268 g/mol. The van der Waals surface area contributed by atoms with Crippen molar-refractivity contribution in [3.05, 3.63) is 30.0 Å². The number of ether oxygens (including phenoxy) is 1. The summed E-state index contributed by atoms with van der Waals surface area (Å²) in [6.45, 7) is 2.35. The molecule has 0 unspecified atom stereocenters. The van der Waals surface area contributed by atoms with Crippen LogP contribution < -0.4 is 16.0 Å². The second kappa shape index (κ2) is 5.57. The molecule has 1 aromatic carbocycles. The Morgan fingerprint density at radius 1 is 1.33 bits per heavy atom. The van der Waals surface area contributed by atoms with Crippen molar-refractivity contribution in [1.29, 1.82) is 0 Å². The second-order valence-corrected chi connectivity index (χ2v) is 5.04. The van der Waals surface area contributed by atoms with Crippen LogP contribution in [0.4, 0.5) is 5.82 Å². The molecule has 6 nitrogen and oxygen atoms in total. The molecule has 0 spiro atoms. The van der Waals surface area contributed by atoms with Crippen molar-refractivity contribution >= 4 is 5.82 Å². The van der Waals surface area contributed by atoms with Crippen LogP contribution in [0.3, 0.4) is 0 Å². The van der Waals surface area contributed by atoms with Gasteiger partial charge in [-0.05, 0) is 38.0 Å². The van der Waals surface area contributed by atoms with Crippen molar-refractivity contribution in [1.82, 2.24) is 9.97 Å². The molecule has 0 bridgehead atoms. The average Bonchev–Trinajstić information content (AvgIpc) is 3.34. The van der Waals surface area contributed by atoms with Crippen LogP contribution in [0.5, 0.6) is 11.5 Å². The quantitative estimate of drug-likeness (QED) is 0.577. The Balaban J connectivity index is 2.02. The number of aromatic hydroxyl groups is 1. The van der Waals surface area contributed by atoms with E-state index in [1.807, 2.05) is 13.0 Å². The monoisotopic (exact) mass is 286 g/mol. The highest BCUT2D eigenvalue weighted by atomic mass is 16.5.